The number of carbonyl (C=O) groups excluding carboxylic acids is 1. The smallest absolute Gasteiger partial charge is 0.294 e. The molecule has 0 aliphatic heterocycles. The van der Waals surface area contributed by atoms with E-state index in [-0.39, 0.29) is 17.2 Å². The van der Waals surface area contributed by atoms with Gasteiger partial charge in [-0.15, -0.1) is 0 Å². The molecule has 0 unspecified atom stereocenters. The normalized spacial score (nSPS) is 11.5. The summed E-state index contributed by atoms with van der Waals surface area (Å²) < 4.78 is 37.3. The van der Waals surface area contributed by atoms with Crippen LogP contribution in [0.25, 0.3) is 0 Å². The van der Waals surface area contributed by atoms with Crippen molar-refractivity contribution in [2.24, 2.45) is 0 Å². The van der Waals surface area contributed by atoms with Crippen molar-refractivity contribution >= 4 is 29.0 Å². The standard InChI is InChI=1S/C15H9Cl2F3O/c16-11-5-6-12(13(17)8-11)14(21)7-9-1-3-10(4-2-9)15(18,19)20/h1-6,8H,7H2. The largest absolute Gasteiger partial charge is 0.416 e. The minimum atomic E-state index is -4.39. The number of benzene rings is 2. The summed E-state index contributed by atoms with van der Waals surface area (Å²) in [7, 11) is 0. The first kappa shape index (κ1) is 15.9. The zero-order valence-electron chi connectivity index (χ0n) is 10.5. The van der Waals surface area contributed by atoms with Gasteiger partial charge in [-0.05, 0) is 35.9 Å². The minimum Gasteiger partial charge on any atom is -0.294 e. The summed E-state index contributed by atoms with van der Waals surface area (Å²) in [5.41, 5.74) is 0.0307. The van der Waals surface area contributed by atoms with Crippen molar-refractivity contribution in [1.29, 1.82) is 0 Å². The van der Waals surface area contributed by atoms with Gasteiger partial charge in [-0.1, -0.05) is 35.3 Å². The van der Waals surface area contributed by atoms with Crippen LogP contribution < -0.4 is 0 Å². The van der Waals surface area contributed by atoms with Crippen LogP contribution in [0, 0.1) is 0 Å². The maximum absolute atomic E-state index is 12.4. The molecule has 0 radical (unpaired) electrons. The van der Waals surface area contributed by atoms with Gasteiger partial charge in [0.05, 0.1) is 10.6 Å². The summed E-state index contributed by atoms with van der Waals surface area (Å²) in [5, 5.41) is 0.630. The first-order valence-electron chi connectivity index (χ1n) is 5.92. The number of carbonyl (C=O) groups is 1. The van der Waals surface area contributed by atoms with Gasteiger partial charge in [0.1, 0.15) is 0 Å². The average Bonchev–Trinajstić information content (AvgIpc) is 2.38. The van der Waals surface area contributed by atoms with Gasteiger partial charge >= 0.3 is 6.18 Å². The van der Waals surface area contributed by atoms with Crippen molar-refractivity contribution < 1.29 is 18.0 Å². The quantitative estimate of drug-likeness (QED) is 0.684. The predicted octanol–water partition coefficient (Wildman–Crippen LogP) is 5.44. The fourth-order valence-corrected chi connectivity index (χ4v) is 2.32. The molecular formula is C15H9Cl2F3O. The minimum absolute atomic E-state index is 0.0283. The molecule has 1 nitrogen and oxygen atoms in total. The maximum atomic E-state index is 12.4. The van der Waals surface area contributed by atoms with Gasteiger partial charge in [-0.3, -0.25) is 4.79 Å². The first-order valence-corrected chi connectivity index (χ1v) is 6.67. The maximum Gasteiger partial charge on any atom is 0.416 e. The number of hydrogen-bond acceptors (Lipinski definition) is 1. The number of alkyl halides is 3. The molecule has 0 bridgehead atoms. The second kappa shape index (κ2) is 6.08. The highest BCUT2D eigenvalue weighted by Gasteiger charge is 2.30. The third kappa shape index (κ3) is 3.99. The molecule has 21 heavy (non-hydrogen) atoms. The van der Waals surface area contributed by atoms with Crippen molar-refractivity contribution in [2.75, 3.05) is 0 Å². The summed E-state index contributed by atoms with van der Waals surface area (Å²) in [4.78, 5) is 12.1. The van der Waals surface area contributed by atoms with E-state index in [2.05, 4.69) is 0 Å². The Kier molecular flexibility index (Phi) is 4.59. The van der Waals surface area contributed by atoms with Crippen molar-refractivity contribution in [3.05, 3.63) is 69.2 Å². The van der Waals surface area contributed by atoms with E-state index in [1.54, 1.807) is 0 Å². The average molecular weight is 333 g/mol. The van der Waals surface area contributed by atoms with Crippen LogP contribution >= 0.6 is 23.2 Å². The Labute approximate surface area is 129 Å². The van der Waals surface area contributed by atoms with Crippen LogP contribution in [0.15, 0.2) is 42.5 Å². The lowest BCUT2D eigenvalue weighted by Gasteiger charge is -2.08. The molecule has 0 aliphatic carbocycles. The summed E-state index contributed by atoms with van der Waals surface area (Å²) >= 11 is 11.7. The fraction of sp³-hybridized carbons (Fsp3) is 0.133. The number of rotatable bonds is 3. The zero-order chi connectivity index (χ0) is 15.6. The van der Waals surface area contributed by atoms with E-state index in [1.807, 2.05) is 0 Å². The second-order valence-electron chi connectivity index (χ2n) is 4.42. The van der Waals surface area contributed by atoms with Crippen molar-refractivity contribution in [1.82, 2.24) is 0 Å². The molecule has 0 saturated heterocycles. The molecule has 0 N–H and O–H groups in total. The summed E-state index contributed by atoms with van der Waals surface area (Å²) in [5.74, 6) is -0.281. The van der Waals surface area contributed by atoms with Crippen molar-refractivity contribution in [2.45, 2.75) is 12.6 Å². The molecule has 0 saturated carbocycles. The number of hydrogen-bond donors (Lipinski definition) is 0. The predicted molar refractivity (Wildman–Crippen MR) is 75.9 cm³/mol. The monoisotopic (exact) mass is 332 g/mol. The molecule has 110 valence electrons. The van der Waals surface area contributed by atoms with Crippen LogP contribution in [0.3, 0.4) is 0 Å². The lowest BCUT2D eigenvalue weighted by Crippen LogP contribution is -2.07. The van der Waals surface area contributed by atoms with Crippen LogP contribution in [0.4, 0.5) is 13.2 Å². The van der Waals surface area contributed by atoms with Crippen LogP contribution in [-0.4, -0.2) is 5.78 Å². The third-order valence-corrected chi connectivity index (χ3v) is 3.43. The molecule has 0 aliphatic rings. The molecule has 0 amide bonds. The number of ketones is 1. The van der Waals surface area contributed by atoms with Gasteiger partial charge in [-0.2, -0.15) is 13.2 Å². The Balaban J connectivity index is 2.16. The lowest BCUT2D eigenvalue weighted by atomic mass is 10.0. The highest BCUT2D eigenvalue weighted by molar-refractivity contribution is 6.36. The van der Waals surface area contributed by atoms with Gasteiger partial charge in [-0.25, -0.2) is 0 Å². The molecule has 0 fully saturated rings. The second-order valence-corrected chi connectivity index (χ2v) is 5.26. The van der Waals surface area contributed by atoms with Gasteiger partial charge < -0.3 is 0 Å². The van der Waals surface area contributed by atoms with Gasteiger partial charge in [0.25, 0.3) is 0 Å². The van der Waals surface area contributed by atoms with Crippen molar-refractivity contribution in [3.63, 3.8) is 0 Å². The number of Topliss-reactive ketones (excluding diaryl/α,β-unsaturated/α-hetero) is 1. The van der Waals surface area contributed by atoms with E-state index >= 15 is 0 Å². The third-order valence-electron chi connectivity index (χ3n) is 2.88. The zero-order valence-corrected chi connectivity index (χ0v) is 12.1. The van der Waals surface area contributed by atoms with Crippen LogP contribution in [0.5, 0.6) is 0 Å². The van der Waals surface area contributed by atoms with Crippen LogP contribution in [0.2, 0.25) is 10.0 Å². The lowest BCUT2D eigenvalue weighted by molar-refractivity contribution is -0.137. The molecule has 2 rings (SSSR count). The highest BCUT2D eigenvalue weighted by atomic mass is 35.5. The molecule has 6 heteroatoms. The molecule has 0 spiro atoms. The summed E-state index contributed by atoms with van der Waals surface area (Å²) in [6.45, 7) is 0. The molecular weight excluding hydrogens is 324 g/mol. The Hall–Kier alpha value is -1.52. The molecule has 0 aromatic heterocycles. The summed E-state index contributed by atoms with van der Waals surface area (Å²) in [6, 6.07) is 8.95. The topological polar surface area (TPSA) is 17.1 Å². The van der Waals surface area contributed by atoms with E-state index in [0.29, 0.717) is 16.1 Å². The number of halogens is 5. The molecule has 0 heterocycles. The van der Waals surface area contributed by atoms with Crippen LogP contribution in [-0.2, 0) is 12.6 Å². The van der Waals surface area contributed by atoms with E-state index in [0.717, 1.165) is 12.1 Å². The van der Waals surface area contributed by atoms with Crippen LogP contribution in [0.1, 0.15) is 21.5 Å². The fourth-order valence-electron chi connectivity index (χ4n) is 1.81. The first-order chi connectivity index (χ1) is 9.77. The van der Waals surface area contributed by atoms with E-state index in [9.17, 15) is 18.0 Å². The van der Waals surface area contributed by atoms with Gasteiger partial charge in [0.2, 0.25) is 0 Å². The van der Waals surface area contributed by atoms with Gasteiger partial charge in [0.15, 0.2) is 5.78 Å². The van der Waals surface area contributed by atoms with E-state index in [4.69, 9.17) is 23.2 Å². The highest BCUT2D eigenvalue weighted by Crippen LogP contribution is 2.29. The molecule has 2 aromatic rings. The Morgan fingerprint density at radius 1 is 1.00 bits per heavy atom. The molecule has 0 atom stereocenters. The summed E-state index contributed by atoms with van der Waals surface area (Å²) in [6.07, 6.45) is -4.42. The van der Waals surface area contributed by atoms with E-state index < -0.39 is 11.7 Å². The van der Waals surface area contributed by atoms with E-state index in [1.165, 1.54) is 30.3 Å². The Bertz CT molecular complexity index is 664. The Morgan fingerprint density at radius 2 is 1.62 bits per heavy atom. The van der Waals surface area contributed by atoms with Gasteiger partial charge in [0, 0.05) is 17.0 Å². The Morgan fingerprint density at radius 3 is 2.14 bits per heavy atom. The van der Waals surface area contributed by atoms with Crippen molar-refractivity contribution in [3.8, 4) is 0 Å². The SMILES string of the molecule is O=C(Cc1ccc(C(F)(F)F)cc1)c1ccc(Cl)cc1Cl. The molecule has 2 aromatic carbocycles.